The summed E-state index contributed by atoms with van der Waals surface area (Å²) in [5.41, 5.74) is -0.303. The Morgan fingerprint density at radius 1 is 1.26 bits per heavy atom. The van der Waals surface area contributed by atoms with Crippen molar-refractivity contribution in [3.05, 3.63) is 51.4 Å². The third-order valence-electron chi connectivity index (χ3n) is 2.80. The molecule has 0 spiro atoms. The Hall–Kier alpha value is -2.02. The molecule has 0 saturated heterocycles. The first-order valence-corrected chi connectivity index (χ1v) is 5.43. The highest BCUT2D eigenvalue weighted by atomic mass is 19.4. The van der Waals surface area contributed by atoms with Crippen molar-refractivity contribution in [2.24, 2.45) is 0 Å². The van der Waals surface area contributed by atoms with E-state index in [1.165, 1.54) is 12.1 Å². The summed E-state index contributed by atoms with van der Waals surface area (Å²) in [4.78, 5) is 11.9. The number of nitrogens with zero attached hydrogens (tertiary/aromatic N) is 1. The molecule has 2 aromatic rings. The zero-order chi connectivity index (χ0) is 14.2. The number of alkyl halides is 3. The summed E-state index contributed by atoms with van der Waals surface area (Å²) in [6, 6.07) is 4.19. The highest BCUT2D eigenvalue weighted by Gasteiger charge is 2.30. The Morgan fingerprint density at radius 2 is 1.84 bits per heavy atom. The lowest BCUT2D eigenvalue weighted by Gasteiger charge is -2.07. The maximum Gasteiger partial charge on any atom is 0.416 e. The van der Waals surface area contributed by atoms with Crippen LogP contribution in [0.15, 0.2) is 29.1 Å². The topological polar surface area (TPSA) is 58.0 Å². The molecule has 2 N–H and O–H groups in total. The number of halogens is 3. The number of hydrogen-bond acceptors (Lipinski definition) is 2. The van der Waals surface area contributed by atoms with E-state index in [4.69, 9.17) is 5.11 Å². The minimum absolute atomic E-state index is 0.194. The lowest BCUT2D eigenvalue weighted by molar-refractivity contribution is -0.137. The molecule has 1 aromatic carbocycles. The molecular formula is C12H11F3N2O2. The standard InChI is InChI=1S/C12H11F3N2O2/c1-7-10(6-18)11(19)17(16-7)9-4-2-8(3-5-9)12(13,14)15/h2-5,16,18H,6H2,1H3. The molecule has 19 heavy (non-hydrogen) atoms. The van der Waals surface area contributed by atoms with Gasteiger partial charge in [-0.05, 0) is 31.2 Å². The van der Waals surface area contributed by atoms with Gasteiger partial charge in [0, 0.05) is 5.69 Å². The molecule has 0 fully saturated rings. The molecule has 0 saturated carbocycles. The number of H-pyrrole nitrogens is 1. The number of hydrogen-bond donors (Lipinski definition) is 2. The Balaban J connectivity index is 2.46. The van der Waals surface area contributed by atoms with E-state index in [9.17, 15) is 18.0 Å². The maximum absolute atomic E-state index is 12.4. The van der Waals surface area contributed by atoms with Crippen LogP contribution >= 0.6 is 0 Å². The highest BCUT2D eigenvalue weighted by molar-refractivity contribution is 5.36. The summed E-state index contributed by atoms with van der Waals surface area (Å²) in [6.07, 6.45) is -4.41. The van der Waals surface area contributed by atoms with Crippen molar-refractivity contribution in [3.63, 3.8) is 0 Å². The van der Waals surface area contributed by atoms with Gasteiger partial charge in [0.2, 0.25) is 0 Å². The van der Waals surface area contributed by atoms with Gasteiger partial charge in [0.15, 0.2) is 0 Å². The largest absolute Gasteiger partial charge is 0.416 e. The second kappa shape index (κ2) is 4.58. The van der Waals surface area contributed by atoms with Crippen LogP contribution in [0.2, 0.25) is 0 Å². The van der Waals surface area contributed by atoms with Crippen LogP contribution in [-0.4, -0.2) is 14.9 Å². The molecule has 0 aliphatic rings. The lowest BCUT2D eigenvalue weighted by atomic mass is 10.2. The predicted molar refractivity (Wildman–Crippen MR) is 62.1 cm³/mol. The minimum atomic E-state index is -4.41. The second-order valence-corrected chi connectivity index (χ2v) is 4.06. The van der Waals surface area contributed by atoms with E-state index in [-0.39, 0.29) is 11.3 Å². The lowest BCUT2D eigenvalue weighted by Crippen LogP contribution is -2.17. The van der Waals surface area contributed by atoms with Crippen molar-refractivity contribution in [1.82, 2.24) is 9.78 Å². The van der Waals surface area contributed by atoms with E-state index in [0.717, 1.165) is 16.8 Å². The van der Waals surface area contributed by atoms with Crippen LogP contribution in [0.3, 0.4) is 0 Å². The zero-order valence-corrected chi connectivity index (χ0v) is 9.95. The van der Waals surface area contributed by atoms with Crippen molar-refractivity contribution in [3.8, 4) is 5.69 Å². The minimum Gasteiger partial charge on any atom is -0.391 e. The Bertz CT molecular complexity index is 638. The van der Waals surface area contributed by atoms with Crippen LogP contribution in [-0.2, 0) is 12.8 Å². The molecule has 1 aromatic heterocycles. The fourth-order valence-corrected chi connectivity index (χ4v) is 1.75. The Morgan fingerprint density at radius 3 is 2.26 bits per heavy atom. The molecule has 0 atom stereocenters. The van der Waals surface area contributed by atoms with Crippen LogP contribution in [0.25, 0.3) is 5.69 Å². The zero-order valence-electron chi connectivity index (χ0n) is 9.95. The number of aliphatic hydroxyl groups is 1. The maximum atomic E-state index is 12.4. The van der Waals surface area contributed by atoms with Gasteiger partial charge < -0.3 is 5.11 Å². The fraction of sp³-hybridized carbons (Fsp3) is 0.250. The van der Waals surface area contributed by atoms with Gasteiger partial charge in [-0.15, -0.1) is 0 Å². The molecule has 0 aliphatic carbocycles. The van der Waals surface area contributed by atoms with Gasteiger partial charge in [0.25, 0.3) is 5.56 Å². The van der Waals surface area contributed by atoms with Crippen molar-refractivity contribution in [2.75, 3.05) is 0 Å². The van der Waals surface area contributed by atoms with Crippen LogP contribution in [0.5, 0.6) is 0 Å². The first-order valence-electron chi connectivity index (χ1n) is 5.43. The van der Waals surface area contributed by atoms with Crippen LogP contribution < -0.4 is 5.56 Å². The monoisotopic (exact) mass is 272 g/mol. The normalized spacial score (nSPS) is 11.8. The highest BCUT2D eigenvalue weighted by Crippen LogP contribution is 2.29. The van der Waals surface area contributed by atoms with E-state index in [1.54, 1.807) is 6.92 Å². The number of aryl methyl sites for hydroxylation is 1. The predicted octanol–water partition coefficient (Wildman–Crippen LogP) is 1.99. The SMILES string of the molecule is Cc1[nH]n(-c2ccc(C(F)(F)F)cc2)c(=O)c1CO. The third-order valence-corrected chi connectivity index (χ3v) is 2.80. The summed E-state index contributed by atoms with van der Waals surface area (Å²) < 4.78 is 38.3. The van der Waals surface area contributed by atoms with Crippen LogP contribution in [0.4, 0.5) is 13.2 Å². The molecule has 2 rings (SSSR count). The van der Waals surface area contributed by atoms with Crippen molar-refractivity contribution < 1.29 is 18.3 Å². The first-order chi connectivity index (χ1) is 8.84. The molecule has 7 heteroatoms. The van der Waals surface area contributed by atoms with Gasteiger partial charge in [0.05, 0.1) is 23.4 Å². The molecule has 0 unspecified atom stereocenters. The van der Waals surface area contributed by atoms with Gasteiger partial charge >= 0.3 is 6.18 Å². The van der Waals surface area contributed by atoms with E-state index in [1.807, 2.05) is 0 Å². The number of nitrogens with one attached hydrogen (secondary N) is 1. The quantitative estimate of drug-likeness (QED) is 0.878. The average molecular weight is 272 g/mol. The summed E-state index contributed by atoms with van der Waals surface area (Å²) in [5.74, 6) is 0. The average Bonchev–Trinajstić information content (AvgIpc) is 2.63. The van der Waals surface area contributed by atoms with Crippen molar-refractivity contribution in [2.45, 2.75) is 19.7 Å². The second-order valence-electron chi connectivity index (χ2n) is 4.06. The Kier molecular flexibility index (Phi) is 3.23. The van der Waals surface area contributed by atoms with Gasteiger partial charge in [-0.3, -0.25) is 9.89 Å². The number of aromatic nitrogens is 2. The van der Waals surface area contributed by atoms with Gasteiger partial charge in [-0.2, -0.15) is 13.2 Å². The molecule has 4 nitrogen and oxygen atoms in total. The smallest absolute Gasteiger partial charge is 0.391 e. The summed E-state index contributed by atoms with van der Waals surface area (Å²) in [7, 11) is 0. The number of benzene rings is 1. The molecule has 0 amide bonds. The van der Waals surface area contributed by atoms with Gasteiger partial charge in [-0.1, -0.05) is 0 Å². The van der Waals surface area contributed by atoms with Crippen molar-refractivity contribution >= 4 is 0 Å². The summed E-state index contributed by atoms with van der Waals surface area (Å²) in [5, 5.41) is 11.7. The van der Waals surface area contributed by atoms with Crippen LogP contribution in [0.1, 0.15) is 16.8 Å². The molecule has 0 radical (unpaired) electrons. The van der Waals surface area contributed by atoms with E-state index in [2.05, 4.69) is 5.10 Å². The Labute approximate surface area is 106 Å². The molecule has 102 valence electrons. The van der Waals surface area contributed by atoms with Crippen LogP contribution in [0, 0.1) is 6.92 Å². The molecule has 0 aliphatic heterocycles. The van der Waals surface area contributed by atoms with E-state index in [0.29, 0.717) is 5.69 Å². The molecular weight excluding hydrogens is 261 g/mol. The fourth-order valence-electron chi connectivity index (χ4n) is 1.75. The van der Waals surface area contributed by atoms with Crippen molar-refractivity contribution in [1.29, 1.82) is 0 Å². The number of aliphatic hydroxyl groups excluding tert-OH is 1. The number of aromatic amines is 1. The summed E-state index contributed by atoms with van der Waals surface area (Å²) in [6.45, 7) is 1.18. The summed E-state index contributed by atoms with van der Waals surface area (Å²) >= 11 is 0. The number of rotatable bonds is 2. The van der Waals surface area contributed by atoms with Gasteiger partial charge in [0.1, 0.15) is 0 Å². The van der Waals surface area contributed by atoms with E-state index < -0.39 is 23.9 Å². The van der Waals surface area contributed by atoms with E-state index >= 15 is 0 Å². The molecule has 1 heterocycles. The molecule has 0 bridgehead atoms. The first kappa shape index (κ1) is 13.4. The van der Waals surface area contributed by atoms with Gasteiger partial charge in [-0.25, -0.2) is 4.68 Å². The third kappa shape index (κ3) is 2.41.